The Bertz CT molecular complexity index is 714. The number of carbonyl (C=O) groups excluding carboxylic acids is 1. The van der Waals surface area contributed by atoms with Gasteiger partial charge >= 0.3 is 0 Å². The maximum atomic E-state index is 13.3. The van der Waals surface area contributed by atoms with Crippen LogP contribution in [0.15, 0.2) is 18.2 Å². The van der Waals surface area contributed by atoms with E-state index in [-0.39, 0.29) is 22.5 Å². The fraction of sp³-hybridized carbons (Fsp3) is 0.708. The van der Waals surface area contributed by atoms with Gasteiger partial charge in [-0.2, -0.15) is 0 Å². The monoisotopic (exact) mass is 388 g/mol. The van der Waals surface area contributed by atoms with E-state index < -0.39 is 5.60 Å². The third-order valence-corrected chi connectivity index (χ3v) is 7.82. The smallest absolute Gasteiger partial charge is 0.163 e. The molecule has 0 aromatic heterocycles. The Morgan fingerprint density at radius 3 is 2.21 bits per heavy atom. The molecule has 156 valence electrons. The van der Waals surface area contributed by atoms with Crippen LogP contribution in [-0.4, -0.2) is 30.7 Å². The predicted molar refractivity (Wildman–Crippen MR) is 111 cm³/mol. The van der Waals surface area contributed by atoms with Gasteiger partial charge in [-0.25, -0.2) is 0 Å². The lowest BCUT2D eigenvalue weighted by atomic mass is 9.45. The number of carbonyl (C=O) groups is 1. The summed E-state index contributed by atoms with van der Waals surface area (Å²) in [6.07, 6.45) is 5.62. The lowest BCUT2D eigenvalue weighted by Crippen LogP contribution is -2.58. The minimum absolute atomic E-state index is 0.0257. The summed E-state index contributed by atoms with van der Waals surface area (Å²) in [5.41, 5.74) is -0.00332. The van der Waals surface area contributed by atoms with Gasteiger partial charge in [-0.3, -0.25) is 4.79 Å². The van der Waals surface area contributed by atoms with E-state index in [1.807, 2.05) is 6.92 Å². The number of hydrogen-bond donors (Lipinski definition) is 1. The molecule has 0 aliphatic heterocycles. The number of hydrogen-bond acceptors (Lipinski definition) is 4. The average molecular weight is 389 g/mol. The lowest BCUT2D eigenvalue weighted by Gasteiger charge is -2.61. The molecule has 1 aromatic carbocycles. The van der Waals surface area contributed by atoms with Crippen LogP contribution in [0.5, 0.6) is 11.5 Å². The highest BCUT2D eigenvalue weighted by Crippen LogP contribution is 2.62. The third kappa shape index (κ3) is 3.68. The molecule has 0 heterocycles. The molecule has 0 spiro atoms. The minimum atomic E-state index is -0.822. The van der Waals surface area contributed by atoms with Crippen molar-refractivity contribution in [3.63, 3.8) is 0 Å². The minimum Gasteiger partial charge on any atom is -0.497 e. The number of benzene rings is 1. The maximum absolute atomic E-state index is 13.3. The van der Waals surface area contributed by atoms with E-state index in [0.717, 1.165) is 25.7 Å². The Morgan fingerprint density at radius 1 is 1.04 bits per heavy atom. The Labute approximate surface area is 169 Å². The van der Waals surface area contributed by atoms with Gasteiger partial charge in [0.05, 0.1) is 19.8 Å². The van der Waals surface area contributed by atoms with Gasteiger partial charge in [-0.15, -0.1) is 0 Å². The largest absolute Gasteiger partial charge is 0.497 e. The van der Waals surface area contributed by atoms with Crippen LogP contribution < -0.4 is 9.47 Å². The predicted octanol–water partition coefficient (Wildman–Crippen LogP) is 5.27. The molecule has 0 bridgehead atoms. The summed E-state index contributed by atoms with van der Waals surface area (Å²) in [5.74, 6) is 1.75. The summed E-state index contributed by atoms with van der Waals surface area (Å²) >= 11 is 0. The van der Waals surface area contributed by atoms with Crippen molar-refractivity contribution < 1.29 is 19.4 Å². The first kappa shape index (κ1) is 21.2. The topological polar surface area (TPSA) is 55.8 Å². The van der Waals surface area contributed by atoms with E-state index in [1.165, 1.54) is 6.42 Å². The van der Waals surface area contributed by atoms with Crippen molar-refractivity contribution in [1.29, 1.82) is 0 Å². The Hall–Kier alpha value is -1.55. The summed E-state index contributed by atoms with van der Waals surface area (Å²) in [6, 6.07) is 5.31. The molecule has 1 aromatic rings. The van der Waals surface area contributed by atoms with Crippen LogP contribution in [0.25, 0.3) is 0 Å². The molecule has 0 radical (unpaired) electrons. The summed E-state index contributed by atoms with van der Waals surface area (Å²) in [4.78, 5) is 13.3. The summed E-state index contributed by atoms with van der Waals surface area (Å²) in [5, 5.41) is 11.3. The molecule has 3 rings (SSSR count). The molecule has 2 saturated carbocycles. The van der Waals surface area contributed by atoms with Gasteiger partial charge in [-0.1, -0.05) is 27.2 Å². The number of Topliss-reactive ketones (excluding diaryl/α,β-unsaturated/α-hetero) is 1. The number of methoxy groups -OCH3 is 2. The molecular formula is C24H36O4. The summed E-state index contributed by atoms with van der Waals surface area (Å²) in [6.45, 7) is 8.97. The van der Waals surface area contributed by atoms with E-state index in [9.17, 15) is 9.90 Å². The van der Waals surface area contributed by atoms with Crippen LogP contribution in [-0.2, 0) is 0 Å². The maximum Gasteiger partial charge on any atom is 0.163 e. The van der Waals surface area contributed by atoms with Crippen LogP contribution in [0.3, 0.4) is 0 Å². The molecule has 0 amide bonds. The zero-order valence-corrected chi connectivity index (χ0v) is 18.3. The fourth-order valence-electron chi connectivity index (χ4n) is 6.35. The molecule has 4 heteroatoms. The van der Waals surface area contributed by atoms with Crippen LogP contribution >= 0.6 is 0 Å². The standard InChI is InChI=1S/C24H36O4/c1-22(2)9-7-10-23(3)20(22)8-11-24(4,26)21(23)15-19(25)16-12-17(27-5)14-18(13-16)28-6/h12-14,20-21,26H,7-11,15H2,1-6H3/t20-,21+,23-,24+/m0/s1. The molecular weight excluding hydrogens is 352 g/mol. The molecule has 0 unspecified atom stereocenters. The van der Waals surface area contributed by atoms with Gasteiger partial charge in [-0.05, 0) is 61.5 Å². The van der Waals surface area contributed by atoms with Crippen molar-refractivity contribution in [2.45, 2.75) is 71.8 Å². The number of aliphatic hydroxyl groups is 1. The Morgan fingerprint density at radius 2 is 1.64 bits per heavy atom. The van der Waals surface area contributed by atoms with Crippen molar-refractivity contribution in [2.24, 2.45) is 22.7 Å². The average Bonchev–Trinajstić information content (AvgIpc) is 2.63. The highest BCUT2D eigenvalue weighted by atomic mass is 16.5. The molecule has 0 saturated heterocycles. The van der Waals surface area contributed by atoms with E-state index in [4.69, 9.17) is 9.47 Å². The van der Waals surface area contributed by atoms with Gasteiger partial charge in [0, 0.05) is 24.0 Å². The summed E-state index contributed by atoms with van der Waals surface area (Å²) < 4.78 is 10.7. The van der Waals surface area contributed by atoms with Gasteiger partial charge in [0.2, 0.25) is 0 Å². The molecule has 4 nitrogen and oxygen atoms in total. The van der Waals surface area contributed by atoms with Crippen molar-refractivity contribution in [2.75, 3.05) is 14.2 Å². The SMILES string of the molecule is COc1cc(OC)cc(C(=O)C[C@@H]2[C@@]3(C)CCCC(C)(C)[C@@H]3CC[C@@]2(C)O)c1. The van der Waals surface area contributed by atoms with Gasteiger partial charge in [0.25, 0.3) is 0 Å². The fourth-order valence-corrected chi connectivity index (χ4v) is 6.35. The second-order valence-corrected chi connectivity index (χ2v) is 10.1. The lowest BCUT2D eigenvalue weighted by molar-refractivity contribution is -0.165. The molecule has 2 aliphatic carbocycles. The zero-order chi connectivity index (χ0) is 20.7. The van der Waals surface area contributed by atoms with Crippen molar-refractivity contribution in [1.82, 2.24) is 0 Å². The van der Waals surface area contributed by atoms with Gasteiger partial charge in [0.1, 0.15) is 11.5 Å². The summed E-state index contributed by atoms with van der Waals surface area (Å²) in [7, 11) is 3.18. The van der Waals surface area contributed by atoms with Crippen molar-refractivity contribution in [3.8, 4) is 11.5 Å². The van der Waals surface area contributed by atoms with Crippen LogP contribution in [0.2, 0.25) is 0 Å². The molecule has 28 heavy (non-hydrogen) atoms. The van der Waals surface area contributed by atoms with Gasteiger partial charge in [0.15, 0.2) is 5.78 Å². The van der Waals surface area contributed by atoms with E-state index in [0.29, 0.717) is 29.4 Å². The number of ether oxygens (including phenoxy) is 2. The third-order valence-electron chi connectivity index (χ3n) is 7.82. The number of ketones is 1. The number of fused-ring (bicyclic) bond motifs is 1. The van der Waals surface area contributed by atoms with E-state index >= 15 is 0 Å². The first-order valence-electron chi connectivity index (χ1n) is 10.5. The normalized spacial score (nSPS) is 34.4. The quantitative estimate of drug-likeness (QED) is 0.698. The van der Waals surface area contributed by atoms with Gasteiger partial charge < -0.3 is 14.6 Å². The second kappa shape index (κ2) is 7.37. The highest BCUT2D eigenvalue weighted by Gasteiger charge is 2.58. The van der Waals surface area contributed by atoms with Crippen molar-refractivity contribution >= 4 is 5.78 Å². The van der Waals surface area contributed by atoms with Crippen LogP contribution in [0.1, 0.15) is 76.6 Å². The number of rotatable bonds is 5. The Kier molecular flexibility index (Phi) is 5.57. The van der Waals surface area contributed by atoms with E-state index in [1.54, 1.807) is 32.4 Å². The molecule has 2 fully saturated rings. The highest BCUT2D eigenvalue weighted by molar-refractivity contribution is 5.97. The first-order chi connectivity index (χ1) is 13.0. The zero-order valence-electron chi connectivity index (χ0n) is 18.3. The molecule has 4 atom stereocenters. The second-order valence-electron chi connectivity index (χ2n) is 10.1. The first-order valence-corrected chi connectivity index (χ1v) is 10.5. The molecule has 1 N–H and O–H groups in total. The molecule has 2 aliphatic rings. The van der Waals surface area contributed by atoms with Crippen LogP contribution in [0.4, 0.5) is 0 Å². The van der Waals surface area contributed by atoms with Crippen molar-refractivity contribution in [3.05, 3.63) is 23.8 Å². The van der Waals surface area contributed by atoms with Crippen LogP contribution in [0, 0.1) is 22.7 Å². The Balaban J connectivity index is 1.93. The van der Waals surface area contributed by atoms with E-state index in [2.05, 4.69) is 20.8 Å².